The standard InChI is InChI=1S/C5H13N3.C5H10/c1-7(2)5(6)8(3)4;1-5-3-2-4-5/h6H,1-4H3;5H,2-4H2,1H3. The Morgan fingerprint density at radius 1 is 1.08 bits per heavy atom. The Balaban J connectivity index is 0.000000243. The van der Waals surface area contributed by atoms with Gasteiger partial charge in [0.05, 0.1) is 0 Å². The predicted molar refractivity (Wildman–Crippen MR) is 58.1 cm³/mol. The fourth-order valence-electron chi connectivity index (χ4n) is 1.01. The topological polar surface area (TPSA) is 30.3 Å². The third-order valence-electron chi connectivity index (χ3n) is 2.24. The third-order valence-corrected chi connectivity index (χ3v) is 2.24. The van der Waals surface area contributed by atoms with Crippen LogP contribution in [0.5, 0.6) is 0 Å². The monoisotopic (exact) mass is 185 g/mol. The third kappa shape index (κ3) is 5.50. The summed E-state index contributed by atoms with van der Waals surface area (Å²) in [5.74, 6) is 1.58. The second kappa shape index (κ2) is 5.84. The van der Waals surface area contributed by atoms with Crippen LogP contribution < -0.4 is 0 Å². The van der Waals surface area contributed by atoms with Crippen molar-refractivity contribution in [2.24, 2.45) is 5.92 Å². The number of hydrogen-bond donors (Lipinski definition) is 1. The van der Waals surface area contributed by atoms with Gasteiger partial charge in [-0.3, -0.25) is 5.41 Å². The van der Waals surface area contributed by atoms with Gasteiger partial charge in [-0.05, 0) is 5.92 Å². The van der Waals surface area contributed by atoms with Crippen molar-refractivity contribution in [2.45, 2.75) is 26.2 Å². The molecule has 78 valence electrons. The van der Waals surface area contributed by atoms with E-state index in [1.54, 1.807) is 9.80 Å². The molecule has 1 fully saturated rings. The molecule has 0 unspecified atom stereocenters. The van der Waals surface area contributed by atoms with Crippen LogP contribution in [0.4, 0.5) is 0 Å². The average Bonchev–Trinajstić information content (AvgIpc) is 2.00. The molecule has 0 aromatic rings. The lowest BCUT2D eigenvalue weighted by Gasteiger charge is -2.19. The first-order valence-electron chi connectivity index (χ1n) is 4.88. The quantitative estimate of drug-likeness (QED) is 0.461. The van der Waals surface area contributed by atoms with Crippen LogP contribution in [-0.4, -0.2) is 44.0 Å². The maximum atomic E-state index is 7.25. The van der Waals surface area contributed by atoms with Crippen LogP contribution >= 0.6 is 0 Å². The minimum absolute atomic E-state index is 0.519. The number of guanidine groups is 1. The Morgan fingerprint density at radius 3 is 1.38 bits per heavy atom. The molecule has 3 heteroatoms. The molecule has 0 atom stereocenters. The average molecular weight is 185 g/mol. The van der Waals surface area contributed by atoms with Gasteiger partial charge in [-0.15, -0.1) is 0 Å². The molecule has 0 bridgehead atoms. The van der Waals surface area contributed by atoms with E-state index in [9.17, 15) is 0 Å². The van der Waals surface area contributed by atoms with Crippen LogP contribution in [0.1, 0.15) is 26.2 Å². The number of hydrogen-bond acceptors (Lipinski definition) is 1. The van der Waals surface area contributed by atoms with Gasteiger partial charge in [0.25, 0.3) is 0 Å². The highest BCUT2D eigenvalue weighted by molar-refractivity contribution is 5.75. The first-order chi connectivity index (χ1) is 5.95. The fourth-order valence-corrected chi connectivity index (χ4v) is 1.01. The molecule has 0 saturated heterocycles. The van der Waals surface area contributed by atoms with Crippen molar-refractivity contribution < 1.29 is 0 Å². The lowest BCUT2D eigenvalue weighted by Crippen LogP contribution is -2.34. The van der Waals surface area contributed by atoms with Crippen molar-refractivity contribution in [3.8, 4) is 0 Å². The summed E-state index contributed by atoms with van der Waals surface area (Å²) < 4.78 is 0. The van der Waals surface area contributed by atoms with E-state index in [4.69, 9.17) is 5.41 Å². The Labute approximate surface area is 82.2 Å². The zero-order chi connectivity index (χ0) is 10.4. The fraction of sp³-hybridized carbons (Fsp3) is 0.900. The van der Waals surface area contributed by atoms with Gasteiger partial charge >= 0.3 is 0 Å². The lowest BCUT2D eigenvalue weighted by atomic mass is 9.88. The molecule has 0 aromatic carbocycles. The van der Waals surface area contributed by atoms with E-state index in [0.717, 1.165) is 5.92 Å². The molecule has 1 rings (SSSR count). The molecular weight excluding hydrogens is 162 g/mol. The normalized spacial score (nSPS) is 15.2. The van der Waals surface area contributed by atoms with Gasteiger partial charge in [-0.25, -0.2) is 0 Å². The molecule has 0 aromatic heterocycles. The van der Waals surface area contributed by atoms with Crippen molar-refractivity contribution in [1.82, 2.24) is 9.80 Å². The van der Waals surface area contributed by atoms with Crippen LogP contribution in [0.25, 0.3) is 0 Å². The Bertz CT molecular complexity index is 138. The Kier molecular flexibility index (Phi) is 5.51. The number of nitrogens with one attached hydrogen (secondary N) is 1. The van der Waals surface area contributed by atoms with Gasteiger partial charge < -0.3 is 9.80 Å². The molecule has 13 heavy (non-hydrogen) atoms. The van der Waals surface area contributed by atoms with E-state index in [1.807, 2.05) is 28.2 Å². The molecule has 3 nitrogen and oxygen atoms in total. The van der Waals surface area contributed by atoms with Crippen molar-refractivity contribution in [3.63, 3.8) is 0 Å². The van der Waals surface area contributed by atoms with Crippen molar-refractivity contribution in [2.75, 3.05) is 28.2 Å². The molecule has 0 spiro atoms. The van der Waals surface area contributed by atoms with Gasteiger partial charge in [0.1, 0.15) is 0 Å². The summed E-state index contributed by atoms with van der Waals surface area (Å²) in [7, 11) is 7.40. The highest BCUT2D eigenvalue weighted by Gasteiger charge is 2.09. The van der Waals surface area contributed by atoms with E-state index >= 15 is 0 Å². The van der Waals surface area contributed by atoms with Crippen LogP contribution in [0, 0.1) is 11.3 Å². The molecule has 0 radical (unpaired) electrons. The second-order valence-corrected chi connectivity index (χ2v) is 4.15. The predicted octanol–water partition coefficient (Wildman–Crippen LogP) is 1.85. The van der Waals surface area contributed by atoms with Crippen LogP contribution in [0.3, 0.4) is 0 Å². The Morgan fingerprint density at radius 2 is 1.38 bits per heavy atom. The van der Waals surface area contributed by atoms with Gasteiger partial charge in [0, 0.05) is 28.2 Å². The van der Waals surface area contributed by atoms with E-state index in [1.165, 1.54) is 19.3 Å². The molecular formula is C10H23N3. The van der Waals surface area contributed by atoms with E-state index in [-0.39, 0.29) is 0 Å². The van der Waals surface area contributed by atoms with Crippen molar-refractivity contribution in [3.05, 3.63) is 0 Å². The maximum absolute atomic E-state index is 7.25. The SMILES string of the molecule is CC1CCC1.CN(C)C(=N)N(C)C. The molecule has 1 aliphatic rings. The highest BCUT2D eigenvalue weighted by Crippen LogP contribution is 2.24. The summed E-state index contributed by atoms with van der Waals surface area (Å²) >= 11 is 0. The zero-order valence-electron chi connectivity index (χ0n) is 9.59. The van der Waals surface area contributed by atoms with Crippen LogP contribution in [-0.2, 0) is 0 Å². The first kappa shape index (κ1) is 12.3. The molecule has 1 aliphatic carbocycles. The van der Waals surface area contributed by atoms with E-state index in [2.05, 4.69) is 6.92 Å². The van der Waals surface area contributed by atoms with Crippen molar-refractivity contribution in [1.29, 1.82) is 5.41 Å². The highest BCUT2D eigenvalue weighted by atomic mass is 15.3. The number of rotatable bonds is 0. The summed E-state index contributed by atoms with van der Waals surface area (Å²) in [5, 5.41) is 7.25. The summed E-state index contributed by atoms with van der Waals surface area (Å²) in [6, 6.07) is 0. The van der Waals surface area contributed by atoms with Crippen molar-refractivity contribution >= 4 is 5.96 Å². The zero-order valence-corrected chi connectivity index (χ0v) is 9.59. The Hall–Kier alpha value is -0.730. The lowest BCUT2D eigenvalue weighted by molar-refractivity contribution is 0.346. The van der Waals surface area contributed by atoms with E-state index < -0.39 is 0 Å². The summed E-state index contributed by atoms with van der Waals surface area (Å²) in [4.78, 5) is 3.50. The molecule has 1 N–H and O–H groups in total. The van der Waals surface area contributed by atoms with Gasteiger partial charge in [-0.1, -0.05) is 26.2 Å². The van der Waals surface area contributed by atoms with E-state index in [0.29, 0.717) is 5.96 Å². The minimum Gasteiger partial charge on any atom is -0.349 e. The molecule has 0 amide bonds. The summed E-state index contributed by atoms with van der Waals surface area (Å²) in [6.07, 6.45) is 4.46. The van der Waals surface area contributed by atoms with Gasteiger partial charge in [0.2, 0.25) is 0 Å². The maximum Gasteiger partial charge on any atom is 0.192 e. The first-order valence-corrected chi connectivity index (χ1v) is 4.88. The number of nitrogens with zero attached hydrogens (tertiary/aromatic N) is 2. The molecule has 1 saturated carbocycles. The van der Waals surface area contributed by atoms with Crippen LogP contribution in [0.15, 0.2) is 0 Å². The van der Waals surface area contributed by atoms with Gasteiger partial charge in [0.15, 0.2) is 5.96 Å². The minimum atomic E-state index is 0.519. The summed E-state index contributed by atoms with van der Waals surface area (Å²) in [6.45, 7) is 2.31. The second-order valence-electron chi connectivity index (χ2n) is 4.15. The molecule has 0 aliphatic heterocycles. The smallest absolute Gasteiger partial charge is 0.192 e. The largest absolute Gasteiger partial charge is 0.349 e. The summed E-state index contributed by atoms with van der Waals surface area (Å²) in [5.41, 5.74) is 0. The van der Waals surface area contributed by atoms with Gasteiger partial charge in [-0.2, -0.15) is 0 Å². The van der Waals surface area contributed by atoms with Crippen LogP contribution in [0.2, 0.25) is 0 Å². The molecule has 0 heterocycles.